The summed E-state index contributed by atoms with van der Waals surface area (Å²) in [5.74, 6) is 0.747. The van der Waals surface area contributed by atoms with Crippen LogP contribution in [0.15, 0.2) is 10.9 Å². The predicted molar refractivity (Wildman–Crippen MR) is 80.5 cm³/mol. The molecule has 20 heavy (non-hydrogen) atoms. The minimum absolute atomic E-state index is 0.0624. The van der Waals surface area contributed by atoms with Crippen LogP contribution in [0.1, 0.15) is 45.7 Å². The molecule has 5 heteroatoms. The molecular weight excluding hydrogens is 270 g/mol. The number of carbonyl (C=O) groups is 1. The van der Waals surface area contributed by atoms with Gasteiger partial charge in [0, 0.05) is 11.4 Å². The smallest absolute Gasteiger partial charge is 0.315 e. The SMILES string of the molecule is CC1(C)[C@H]2CC[C@@]1(C)[C@H](NC(=O)NCc1cscn1)C2. The van der Waals surface area contributed by atoms with Crippen molar-refractivity contribution < 1.29 is 4.79 Å². The molecule has 4 nitrogen and oxygen atoms in total. The van der Waals surface area contributed by atoms with E-state index in [1.807, 2.05) is 5.38 Å². The molecule has 3 atom stereocenters. The lowest BCUT2D eigenvalue weighted by molar-refractivity contribution is 0.123. The van der Waals surface area contributed by atoms with Crippen molar-refractivity contribution in [2.45, 2.75) is 52.6 Å². The largest absolute Gasteiger partial charge is 0.335 e. The van der Waals surface area contributed by atoms with E-state index >= 15 is 0 Å². The van der Waals surface area contributed by atoms with Gasteiger partial charge in [-0.3, -0.25) is 0 Å². The first-order valence-corrected chi connectivity index (χ1v) is 8.29. The summed E-state index contributed by atoms with van der Waals surface area (Å²) in [4.78, 5) is 16.2. The van der Waals surface area contributed by atoms with Crippen LogP contribution in [0.5, 0.6) is 0 Å². The number of rotatable bonds is 3. The average molecular weight is 293 g/mol. The van der Waals surface area contributed by atoms with Crippen molar-refractivity contribution >= 4 is 17.4 Å². The van der Waals surface area contributed by atoms with Gasteiger partial charge in [0.2, 0.25) is 0 Å². The zero-order valence-corrected chi connectivity index (χ0v) is 13.2. The second-order valence-electron chi connectivity index (χ2n) is 6.97. The summed E-state index contributed by atoms with van der Waals surface area (Å²) in [6.07, 6.45) is 3.65. The Kier molecular flexibility index (Phi) is 3.27. The van der Waals surface area contributed by atoms with Gasteiger partial charge in [0.1, 0.15) is 0 Å². The Morgan fingerprint density at radius 2 is 2.30 bits per heavy atom. The minimum Gasteiger partial charge on any atom is -0.335 e. The van der Waals surface area contributed by atoms with Gasteiger partial charge in [0.25, 0.3) is 0 Å². The van der Waals surface area contributed by atoms with Gasteiger partial charge in [-0.25, -0.2) is 9.78 Å². The van der Waals surface area contributed by atoms with Gasteiger partial charge in [-0.2, -0.15) is 0 Å². The highest BCUT2D eigenvalue weighted by molar-refractivity contribution is 7.07. The van der Waals surface area contributed by atoms with Gasteiger partial charge in [-0.15, -0.1) is 11.3 Å². The number of carbonyl (C=O) groups excluding carboxylic acids is 1. The van der Waals surface area contributed by atoms with Crippen molar-refractivity contribution in [1.29, 1.82) is 0 Å². The van der Waals surface area contributed by atoms with Crippen LogP contribution in [-0.2, 0) is 6.54 Å². The third-order valence-electron chi connectivity index (χ3n) is 6.01. The van der Waals surface area contributed by atoms with E-state index in [9.17, 15) is 4.79 Å². The minimum atomic E-state index is -0.0624. The number of hydrogen-bond acceptors (Lipinski definition) is 3. The van der Waals surface area contributed by atoms with E-state index in [0.29, 0.717) is 18.0 Å². The van der Waals surface area contributed by atoms with Gasteiger partial charge in [0.15, 0.2) is 0 Å². The number of hydrogen-bond donors (Lipinski definition) is 2. The molecule has 0 saturated heterocycles. The first-order chi connectivity index (χ1) is 9.43. The van der Waals surface area contributed by atoms with Gasteiger partial charge in [-0.1, -0.05) is 20.8 Å². The Labute approximate surface area is 124 Å². The maximum Gasteiger partial charge on any atom is 0.315 e. The van der Waals surface area contributed by atoms with Gasteiger partial charge in [-0.05, 0) is 36.0 Å². The second kappa shape index (κ2) is 4.72. The Balaban J connectivity index is 1.58. The molecule has 2 saturated carbocycles. The molecule has 0 radical (unpaired) electrons. The Morgan fingerprint density at radius 1 is 1.50 bits per heavy atom. The van der Waals surface area contributed by atoms with Crippen LogP contribution in [0.25, 0.3) is 0 Å². The molecule has 0 aliphatic heterocycles. The summed E-state index contributed by atoms with van der Waals surface area (Å²) in [5.41, 5.74) is 3.27. The molecule has 2 amide bonds. The van der Waals surface area contributed by atoms with Crippen LogP contribution in [0.3, 0.4) is 0 Å². The summed E-state index contributed by atoms with van der Waals surface area (Å²) in [7, 11) is 0. The molecule has 0 aromatic carbocycles. The van der Waals surface area contributed by atoms with Crippen molar-refractivity contribution in [2.75, 3.05) is 0 Å². The monoisotopic (exact) mass is 293 g/mol. The van der Waals surface area contributed by atoms with Crippen LogP contribution >= 0.6 is 11.3 Å². The van der Waals surface area contributed by atoms with E-state index < -0.39 is 0 Å². The molecule has 1 aromatic rings. The quantitative estimate of drug-likeness (QED) is 0.899. The van der Waals surface area contributed by atoms with Gasteiger partial charge < -0.3 is 10.6 Å². The van der Waals surface area contributed by atoms with Crippen LogP contribution in [0.2, 0.25) is 0 Å². The molecule has 2 fully saturated rings. The Morgan fingerprint density at radius 3 is 2.85 bits per heavy atom. The topological polar surface area (TPSA) is 54.0 Å². The third-order valence-corrected chi connectivity index (χ3v) is 6.65. The highest BCUT2D eigenvalue weighted by Crippen LogP contribution is 2.65. The summed E-state index contributed by atoms with van der Waals surface area (Å²) in [6.45, 7) is 7.57. The van der Waals surface area contributed by atoms with Crippen molar-refractivity contribution in [1.82, 2.24) is 15.6 Å². The fourth-order valence-corrected chi connectivity index (χ4v) is 4.69. The standard InChI is InChI=1S/C15H23N3OS/c1-14(2)10-4-5-15(14,3)12(6-10)18-13(19)16-7-11-8-20-9-17-11/h8-10,12H,4-7H2,1-3H3,(H2,16,18,19)/t10-,12+,15-/m0/s1. The number of thiazole rings is 1. The molecule has 2 aliphatic carbocycles. The molecule has 3 rings (SSSR count). The molecule has 2 aliphatic rings. The summed E-state index contributed by atoms with van der Waals surface area (Å²) in [5, 5.41) is 8.07. The highest BCUT2D eigenvalue weighted by Gasteiger charge is 2.61. The first kappa shape index (κ1) is 13.9. The third kappa shape index (κ3) is 2.03. The average Bonchev–Trinajstić information content (AvgIpc) is 3.02. The van der Waals surface area contributed by atoms with Crippen molar-refractivity contribution in [3.05, 3.63) is 16.6 Å². The van der Waals surface area contributed by atoms with Gasteiger partial charge in [0.05, 0.1) is 17.7 Å². The van der Waals surface area contributed by atoms with E-state index in [4.69, 9.17) is 0 Å². The van der Waals surface area contributed by atoms with Crippen LogP contribution in [0.4, 0.5) is 4.79 Å². The van der Waals surface area contributed by atoms with Crippen LogP contribution < -0.4 is 10.6 Å². The maximum atomic E-state index is 12.1. The number of aromatic nitrogens is 1. The molecule has 2 bridgehead atoms. The highest BCUT2D eigenvalue weighted by atomic mass is 32.1. The Bertz CT molecular complexity index is 499. The number of nitrogens with one attached hydrogen (secondary N) is 2. The number of urea groups is 1. The molecular formula is C15H23N3OS. The van der Waals surface area contributed by atoms with E-state index in [0.717, 1.165) is 18.0 Å². The lowest BCUT2D eigenvalue weighted by Gasteiger charge is -2.39. The van der Waals surface area contributed by atoms with E-state index in [2.05, 4.69) is 36.4 Å². The summed E-state index contributed by atoms with van der Waals surface area (Å²) < 4.78 is 0. The number of amides is 2. The molecule has 1 heterocycles. The fourth-order valence-electron chi connectivity index (χ4n) is 4.13. The Hall–Kier alpha value is -1.10. The predicted octanol–water partition coefficient (Wildman–Crippen LogP) is 3.16. The van der Waals surface area contributed by atoms with Crippen molar-refractivity contribution in [3.8, 4) is 0 Å². The van der Waals surface area contributed by atoms with E-state index in [-0.39, 0.29) is 11.4 Å². The zero-order chi connectivity index (χ0) is 14.4. The molecule has 0 spiro atoms. The molecule has 1 aromatic heterocycles. The molecule has 2 N–H and O–H groups in total. The molecule has 0 unspecified atom stereocenters. The second-order valence-corrected chi connectivity index (χ2v) is 7.69. The lowest BCUT2D eigenvalue weighted by atomic mass is 9.69. The first-order valence-electron chi connectivity index (χ1n) is 7.35. The molecule has 110 valence electrons. The summed E-state index contributed by atoms with van der Waals surface area (Å²) in [6, 6.07) is 0.235. The normalized spacial score (nSPS) is 34.1. The maximum absolute atomic E-state index is 12.1. The van der Waals surface area contributed by atoms with E-state index in [1.54, 1.807) is 16.8 Å². The fraction of sp³-hybridized carbons (Fsp3) is 0.733. The lowest BCUT2D eigenvalue weighted by Crippen LogP contribution is -2.50. The van der Waals surface area contributed by atoms with Crippen molar-refractivity contribution in [2.24, 2.45) is 16.7 Å². The van der Waals surface area contributed by atoms with E-state index in [1.165, 1.54) is 12.8 Å². The number of fused-ring (bicyclic) bond motifs is 2. The van der Waals surface area contributed by atoms with Gasteiger partial charge >= 0.3 is 6.03 Å². The number of nitrogens with zero attached hydrogens (tertiary/aromatic N) is 1. The van der Waals surface area contributed by atoms with Crippen LogP contribution in [0, 0.1) is 16.7 Å². The summed E-state index contributed by atoms with van der Waals surface area (Å²) >= 11 is 1.55. The van der Waals surface area contributed by atoms with Crippen LogP contribution in [-0.4, -0.2) is 17.1 Å². The zero-order valence-electron chi connectivity index (χ0n) is 12.4. The van der Waals surface area contributed by atoms with Crippen molar-refractivity contribution in [3.63, 3.8) is 0 Å².